The van der Waals surface area contributed by atoms with Crippen LogP contribution in [0.15, 0.2) is 24.3 Å². The van der Waals surface area contributed by atoms with Crippen LogP contribution in [0.4, 0.5) is 4.79 Å². The van der Waals surface area contributed by atoms with Crippen molar-refractivity contribution < 1.29 is 19.1 Å². The Morgan fingerprint density at radius 1 is 1.09 bits per heavy atom. The summed E-state index contributed by atoms with van der Waals surface area (Å²) in [5.41, 5.74) is 0.565. The second-order valence-electron chi connectivity index (χ2n) is 9.49. The molecular weight excluding hydrogens is 432 g/mol. The standard InChI is InChI=1S/C23H31ClN4O4/c1-23(2,3)32-22(31)27-18-11-13(21(30)28(4)5)6-8-17(18)26-20(29)19-12-14-10-15(24)7-9-16(14)25-19/h7,9-10,12-13,17-18,25H,6,8,11H2,1-5H3,(H,26,29)(H,27,31). The highest BCUT2D eigenvalue weighted by Gasteiger charge is 2.37. The molecule has 0 bridgehead atoms. The van der Waals surface area contributed by atoms with Crippen LogP contribution in [0.1, 0.15) is 50.5 Å². The number of amides is 3. The number of halogens is 1. The normalized spacial score (nSPS) is 21.1. The molecule has 1 aliphatic carbocycles. The monoisotopic (exact) mass is 462 g/mol. The number of carbonyl (C=O) groups excluding carboxylic acids is 3. The largest absolute Gasteiger partial charge is 0.444 e. The van der Waals surface area contributed by atoms with E-state index >= 15 is 0 Å². The number of nitrogens with one attached hydrogen (secondary N) is 3. The van der Waals surface area contributed by atoms with Crippen molar-refractivity contribution in [3.8, 4) is 0 Å². The molecule has 1 aromatic carbocycles. The molecule has 9 heteroatoms. The second kappa shape index (κ2) is 9.40. The summed E-state index contributed by atoms with van der Waals surface area (Å²) < 4.78 is 5.40. The van der Waals surface area contributed by atoms with Crippen LogP contribution < -0.4 is 10.6 Å². The van der Waals surface area contributed by atoms with Crippen LogP contribution in [0.2, 0.25) is 5.02 Å². The van der Waals surface area contributed by atoms with Gasteiger partial charge in [0.05, 0.1) is 6.04 Å². The fourth-order valence-corrected chi connectivity index (χ4v) is 4.20. The van der Waals surface area contributed by atoms with E-state index in [9.17, 15) is 14.4 Å². The summed E-state index contributed by atoms with van der Waals surface area (Å²) in [6, 6.07) is 6.33. The Hall–Kier alpha value is -2.74. The highest BCUT2D eigenvalue weighted by Crippen LogP contribution is 2.27. The van der Waals surface area contributed by atoms with Crippen molar-refractivity contribution in [1.29, 1.82) is 0 Å². The number of hydrogen-bond donors (Lipinski definition) is 3. The fourth-order valence-electron chi connectivity index (χ4n) is 4.02. The molecule has 3 rings (SSSR count). The second-order valence-corrected chi connectivity index (χ2v) is 9.93. The van der Waals surface area contributed by atoms with Crippen molar-refractivity contribution in [2.24, 2.45) is 5.92 Å². The van der Waals surface area contributed by atoms with Crippen LogP contribution in [-0.4, -0.2) is 59.6 Å². The Bertz CT molecular complexity index is 1010. The first-order valence-electron chi connectivity index (χ1n) is 10.7. The van der Waals surface area contributed by atoms with Gasteiger partial charge in [0.2, 0.25) is 5.91 Å². The average molecular weight is 463 g/mol. The van der Waals surface area contributed by atoms with E-state index in [4.69, 9.17) is 16.3 Å². The predicted molar refractivity (Wildman–Crippen MR) is 124 cm³/mol. The maximum atomic E-state index is 13.0. The van der Waals surface area contributed by atoms with Gasteiger partial charge in [0.25, 0.3) is 5.91 Å². The lowest BCUT2D eigenvalue weighted by Gasteiger charge is -2.37. The lowest BCUT2D eigenvalue weighted by Crippen LogP contribution is -2.56. The molecule has 32 heavy (non-hydrogen) atoms. The Morgan fingerprint density at radius 2 is 1.81 bits per heavy atom. The number of aromatic nitrogens is 1. The fraction of sp³-hybridized carbons (Fsp3) is 0.522. The smallest absolute Gasteiger partial charge is 0.407 e. The number of ether oxygens (including phenoxy) is 1. The number of H-pyrrole nitrogens is 1. The van der Waals surface area contributed by atoms with Gasteiger partial charge in [0, 0.05) is 42.0 Å². The summed E-state index contributed by atoms with van der Waals surface area (Å²) in [6.07, 6.45) is 1.03. The third-order valence-electron chi connectivity index (χ3n) is 5.49. The van der Waals surface area contributed by atoms with Gasteiger partial charge in [0.1, 0.15) is 11.3 Å². The Kier molecular flexibility index (Phi) is 7.03. The number of benzene rings is 1. The Balaban J connectivity index is 1.75. The molecule has 3 unspecified atom stereocenters. The van der Waals surface area contributed by atoms with Crippen LogP contribution in [0.25, 0.3) is 10.9 Å². The van der Waals surface area contributed by atoms with Gasteiger partial charge >= 0.3 is 6.09 Å². The van der Waals surface area contributed by atoms with Gasteiger partial charge < -0.3 is 25.3 Å². The zero-order valence-corrected chi connectivity index (χ0v) is 19.9. The molecule has 0 aliphatic heterocycles. The number of carbonyl (C=O) groups is 3. The maximum absolute atomic E-state index is 13.0. The summed E-state index contributed by atoms with van der Waals surface area (Å²) in [5.74, 6) is -0.498. The van der Waals surface area contributed by atoms with Crippen LogP contribution in [-0.2, 0) is 9.53 Å². The van der Waals surface area contributed by atoms with Crippen LogP contribution in [0, 0.1) is 5.92 Å². The third-order valence-corrected chi connectivity index (χ3v) is 5.72. The molecule has 0 radical (unpaired) electrons. The van der Waals surface area contributed by atoms with Gasteiger partial charge in [-0.05, 0) is 64.3 Å². The van der Waals surface area contributed by atoms with Crippen LogP contribution >= 0.6 is 11.6 Å². The number of aromatic amines is 1. The van der Waals surface area contributed by atoms with E-state index in [1.807, 2.05) is 6.07 Å². The Morgan fingerprint density at radius 3 is 2.47 bits per heavy atom. The molecule has 3 atom stereocenters. The van der Waals surface area contributed by atoms with E-state index < -0.39 is 17.7 Å². The average Bonchev–Trinajstić information content (AvgIpc) is 3.10. The first kappa shape index (κ1) is 23.9. The van der Waals surface area contributed by atoms with Gasteiger partial charge in [0.15, 0.2) is 0 Å². The molecule has 2 aromatic rings. The highest BCUT2D eigenvalue weighted by atomic mass is 35.5. The summed E-state index contributed by atoms with van der Waals surface area (Å²) in [7, 11) is 3.43. The molecule has 1 aliphatic rings. The first-order valence-corrected chi connectivity index (χ1v) is 11.1. The quantitative estimate of drug-likeness (QED) is 0.644. The SMILES string of the molecule is CN(C)C(=O)C1CCC(NC(=O)c2cc3cc(Cl)ccc3[nH]2)C(NC(=O)OC(C)(C)C)C1. The van der Waals surface area contributed by atoms with Crippen molar-refractivity contribution in [2.75, 3.05) is 14.1 Å². The molecule has 0 saturated heterocycles. The van der Waals surface area contributed by atoms with Gasteiger partial charge in [-0.1, -0.05) is 11.6 Å². The maximum Gasteiger partial charge on any atom is 0.407 e. The van der Waals surface area contributed by atoms with E-state index in [0.717, 1.165) is 10.9 Å². The molecule has 1 heterocycles. The molecule has 174 valence electrons. The number of nitrogens with zero attached hydrogens (tertiary/aromatic N) is 1. The van der Waals surface area contributed by atoms with Crippen molar-refractivity contribution in [1.82, 2.24) is 20.5 Å². The summed E-state index contributed by atoms with van der Waals surface area (Å²) in [6.45, 7) is 5.35. The molecule has 0 spiro atoms. The summed E-state index contributed by atoms with van der Waals surface area (Å²) >= 11 is 6.04. The van der Waals surface area contributed by atoms with Gasteiger partial charge in [-0.25, -0.2) is 4.79 Å². The minimum Gasteiger partial charge on any atom is -0.444 e. The molecule has 3 N–H and O–H groups in total. The third kappa shape index (κ3) is 5.94. The van der Waals surface area contributed by atoms with Crippen LogP contribution in [0.5, 0.6) is 0 Å². The zero-order chi connectivity index (χ0) is 23.6. The van der Waals surface area contributed by atoms with E-state index in [1.165, 1.54) is 0 Å². The summed E-state index contributed by atoms with van der Waals surface area (Å²) in [5, 5.41) is 7.32. The van der Waals surface area contributed by atoms with E-state index in [1.54, 1.807) is 58.0 Å². The molecule has 1 aromatic heterocycles. The molecule has 1 fully saturated rings. The lowest BCUT2D eigenvalue weighted by atomic mass is 9.81. The van der Waals surface area contributed by atoms with Gasteiger partial charge in [-0.2, -0.15) is 0 Å². The van der Waals surface area contributed by atoms with E-state index in [0.29, 0.717) is 30.0 Å². The van der Waals surface area contributed by atoms with Crippen molar-refractivity contribution in [2.45, 2.75) is 57.7 Å². The van der Waals surface area contributed by atoms with Crippen molar-refractivity contribution in [3.63, 3.8) is 0 Å². The number of hydrogen-bond acceptors (Lipinski definition) is 4. The number of fused-ring (bicyclic) bond motifs is 1. The Labute approximate surface area is 193 Å². The van der Waals surface area contributed by atoms with Crippen molar-refractivity contribution >= 4 is 40.4 Å². The molecule has 8 nitrogen and oxygen atoms in total. The number of rotatable bonds is 4. The lowest BCUT2D eigenvalue weighted by molar-refractivity contribution is -0.134. The minimum absolute atomic E-state index is 0.0123. The minimum atomic E-state index is -0.651. The van der Waals surface area contributed by atoms with Crippen LogP contribution in [0.3, 0.4) is 0 Å². The topological polar surface area (TPSA) is 104 Å². The van der Waals surface area contributed by atoms with Gasteiger partial charge in [-0.15, -0.1) is 0 Å². The van der Waals surface area contributed by atoms with Gasteiger partial charge in [-0.3, -0.25) is 9.59 Å². The van der Waals surface area contributed by atoms with E-state index in [2.05, 4.69) is 15.6 Å². The molecule has 3 amide bonds. The summed E-state index contributed by atoms with van der Waals surface area (Å²) in [4.78, 5) is 42.6. The molecular formula is C23H31ClN4O4. The number of alkyl carbamates (subject to hydrolysis) is 1. The predicted octanol–water partition coefficient (Wildman–Crippen LogP) is 3.70. The zero-order valence-electron chi connectivity index (χ0n) is 19.1. The van der Waals surface area contributed by atoms with Crippen molar-refractivity contribution in [3.05, 3.63) is 35.0 Å². The van der Waals surface area contributed by atoms with E-state index in [-0.39, 0.29) is 23.8 Å². The first-order chi connectivity index (χ1) is 14.9. The molecule has 1 saturated carbocycles. The highest BCUT2D eigenvalue weighted by molar-refractivity contribution is 6.31.